The number of benzene rings is 2. The van der Waals surface area contributed by atoms with Gasteiger partial charge in [-0.3, -0.25) is 15.1 Å². The van der Waals surface area contributed by atoms with E-state index in [1.165, 1.54) is 11.3 Å². The molecule has 2 heterocycles. The molecule has 2 aromatic heterocycles. The van der Waals surface area contributed by atoms with Crippen molar-refractivity contribution >= 4 is 39.2 Å². The van der Waals surface area contributed by atoms with Gasteiger partial charge >= 0.3 is 5.97 Å². The van der Waals surface area contributed by atoms with Crippen molar-refractivity contribution in [2.45, 2.75) is 20.3 Å². The van der Waals surface area contributed by atoms with Crippen molar-refractivity contribution in [1.82, 2.24) is 9.97 Å². The minimum Gasteiger partial charge on any atom is -0.493 e. The number of carbonyl (C=O) groups is 2. The van der Waals surface area contributed by atoms with Gasteiger partial charge in [0.2, 0.25) is 0 Å². The number of hydrogen-bond donors (Lipinski definition) is 1. The van der Waals surface area contributed by atoms with E-state index in [2.05, 4.69) is 15.3 Å². The molecule has 9 heteroatoms. The number of amides is 1. The fourth-order valence-corrected chi connectivity index (χ4v) is 4.52. The molecule has 1 amide bonds. The van der Waals surface area contributed by atoms with Crippen molar-refractivity contribution in [3.8, 4) is 22.8 Å². The number of esters is 1. The van der Waals surface area contributed by atoms with Crippen molar-refractivity contribution in [2.24, 2.45) is 0 Å². The number of para-hydroxylation sites is 1. The zero-order valence-corrected chi connectivity index (χ0v) is 20.7. The predicted molar refractivity (Wildman–Crippen MR) is 135 cm³/mol. The first kappa shape index (κ1) is 24.2. The van der Waals surface area contributed by atoms with Crippen LogP contribution in [0, 0.1) is 6.92 Å². The van der Waals surface area contributed by atoms with Gasteiger partial charge in [-0.15, -0.1) is 11.3 Å². The molecule has 2 aromatic carbocycles. The van der Waals surface area contributed by atoms with Crippen LogP contribution in [0.5, 0.6) is 11.5 Å². The largest absolute Gasteiger partial charge is 0.493 e. The second kappa shape index (κ2) is 10.5. The third-order valence-corrected chi connectivity index (χ3v) is 6.30. The highest BCUT2D eigenvalue weighted by Crippen LogP contribution is 2.33. The van der Waals surface area contributed by atoms with Gasteiger partial charge in [0.25, 0.3) is 5.91 Å². The van der Waals surface area contributed by atoms with Crippen LogP contribution in [-0.4, -0.2) is 42.7 Å². The Labute approximate surface area is 206 Å². The molecule has 0 aliphatic heterocycles. The van der Waals surface area contributed by atoms with E-state index in [0.29, 0.717) is 39.7 Å². The number of fused-ring (bicyclic) bond motifs is 1. The number of methoxy groups -OCH3 is 2. The summed E-state index contributed by atoms with van der Waals surface area (Å²) < 4.78 is 16.0. The van der Waals surface area contributed by atoms with Crippen molar-refractivity contribution < 1.29 is 23.8 Å². The first-order valence-corrected chi connectivity index (χ1v) is 11.9. The summed E-state index contributed by atoms with van der Waals surface area (Å²) in [5.41, 5.74) is 4.23. The van der Waals surface area contributed by atoms with Gasteiger partial charge in [0, 0.05) is 22.0 Å². The molecular formula is C26H25N3O5S. The second-order valence-corrected chi connectivity index (χ2v) is 8.52. The summed E-state index contributed by atoms with van der Waals surface area (Å²) in [6.07, 6.45) is 0.684. The number of ether oxygens (including phenoxy) is 3. The molecule has 0 saturated heterocycles. The van der Waals surface area contributed by atoms with Crippen LogP contribution in [0.2, 0.25) is 0 Å². The number of carbonyl (C=O) groups excluding carboxylic acids is 2. The van der Waals surface area contributed by atoms with Gasteiger partial charge < -0.3 is 14.2 Å². The topological polar surface area (TPSA) is 99.6 Å². The monoisotopic (exact) mass is 491 g/mol. The van der Waals surface area contributed by atoms with E-state index in [1.807, 2.05) is 55.6 Å². The Kier molecular flexibility index (Phi) is 7.26. The number of anilines is 1. The normalized spacial score (nSPS) is 10.7. The van der Waals surface area contributed by atoms with Crippen LogP contribution in [0.25, 0.3) is 22.2 Å². The summed E-state index contributed by atoms with van der Waals surface area (Å²) in [4.78, 5) is 34.5. The molecule has 0 fully saturated rings. The van der Waals surface area contributed by atoms with E-state index < -0.39 is 18.5 Å². The van der Waals surface area contributed by atoms with Gasteiger partial charge in [-0.25, -0.2) is 9.78 Å². The van der Waals surface area contributed by atoms with Gasteiger partial charge in [0.1, 0.15) is 0 Å². The van der Waals surface area contributed by atoms with E-state index in [-0.39, 0.29) is 0 Å². The van der Waals surface area contributed by atoms with E-state index >= 15 is 0 Å². The lowest BCUT2D eigenvalue weighted by molar-refractivity contribution is -0.119. The smallest absolute Gasteiger partial charge is 0.339 e. The summed E-state index contributed by atoms with van der Waals surface area (Å²) in [6.45, 7) is 3.40. The quantitative estimate of drug-likeness (QED) is 0.345. The van der Waals surface area contributed by atoms with Gasteiger partial charge in [0.05, 0.1) is 31.0 Å². The highest BCUT2D eigenvalue weighted by molar-refractivity contribution is 7.14. The molecular weight excluding hydrogens is 466 g/mol. The first-order valence-electron chi connectivity index (χ1n) is 11.0. The fourth-order valence-electron chi connectivity index (χ4n) is 3.78. The predicted octanol–water partition coefficient (Wildman–Crippen LogP) is 5.04. The Hall–Kier alpha value is -3.98. The Morgan fingerprint density at radius 3 is 2.54 bits per heavy atom. The molecule has 180 valence electrons. The van der Waals surface area contributed by atoms with Crippen LogP contribution < -0.4 is 14.8 Å². The Morgan fingerprint density at radius 1 is 1.03 bits per heavy atom. The molecule has 4 rings (SSSR count). The SMILES string of the molecule is CCc1nc2ccccc2c(C(=O)OCC(=O)Nc2nc(-c3ccc(OC)c(OC)c3)cs2)c1C. The Morgan fingerprint density at radius 2 is 1.80 bits per heavy atom. The maximum Gasteiger partial charge on any atom is 0.339 e. The molecule has 8 nitrogen and oxygen atoms in total. The number of hydrogen-bond acceptors (Lipinski definition) is 8. The number of rotatable bonds is 8. The van der Waals surface area contributed by atoms with Crippen LogP contribution in [0.15, 0.2) is 47.8 Å². The molecule has 4 aromatic rings. The molecule has 1 N–H and O–H groups in total. The molecule has 0 unspecified atom stereocenters. The fraction of sp³-hybridized carbons (Fsp3) is 0.231. The Balaban J connectivity index is 1.44. The molecule has 0 aliphatic rings. The van der Waals surface area contributed by atoms with E-state index in [0.717, 1.165) is 22.3 Å². The average Bonchev–Trinajstić information content (AvgIpc) is 3.34. The lowest BCUT2D eigenvalue weighted by Crippen LogP contribution is -2.21. The van der Waals surface area contributed by atoms with Crippen LogP contribution in [0.3, 0.4) is 0 Å². The van der Waals surface area contributed by atoms with Gasteiger partial charge in [0.15, 0.2) is 23.2 Å². The maximum absolute atomic E-state index is 12.9. The zero-order chi connectivity index (χ0) is 24.9. The molecule has 0 spiro atoms. The van der Waals surface area contributed by atoms with Crippen molar-refractivity contribution in [2.75, 3.05) is 26.1 Å². The average molecular weight is 492 g/mol. The summed E-state index contributed by atoms with van der Waals surface area (Å²) in [5.74, 6) is 0.167. The summed E-state index contributed by atoms with van der Waals surface area (Å²) in [6, 6.07) is 12.9. The lowest BCUT2D eigenvalue weighted by atomic mass is 10.0. The third kappa shape index (κ3) is 5.09. The molecule has 0 atom stereocenters. The Bertz CT molecular complexity index is 1400. The molecule has 0 radical (unpaired) electrons. The third-order valence-electron chi connectivity index (χ3n) is 5.54. The number of aryl methyl sites for hydroxylation is 1. The highest BCUT2D eigenvalue weighted by Gasteiger charge is 2.20. The molecule has 0 aliphatic carbocycles. The maximum atomic E-state index is 12.9. The summed E-state index contributed by atoms with van der Waals surface area (Å²) >= 11 is 1.27. The first-order chi connectivity index (χ1) is 16.9. The van der Waals surface area contributed by atoms with Crippen molar-refractivity contribution in [3.63, 3.8) is 0 Å². The highest BCUT2D eigenvalue weighted by atomic mass is 32.1. The number of aromatic nitrogens is 2. The number of nitrogens with zero attached hydrogens (tertiary/aromatic N) is 2. The lowest BCUT2D eigenvalue weighted by Gasteiger charge is -2.13. The van der Waals surface area contributed by atoms with Gasteiger partial charge in [-0.05, 0) is 43.2 Å². The molecule has 0 bridgehead atoms. The van der Waals surface area contributed by atoms with Gasteiger partial charge in [-0.2, -0.15) is 0 Å². The molecule has 0 saturated carbocycles. The van der Waals surface area contributed by atoms with E-state index in [1.54, 1.807) is 20.3 Å². The number of pyridine rings is 1. The van der Waals surface area contributed by atoms with Crippen LogP contribution in [0.4, 0.5) is 5.13 Å². The second-order valence-electron chi connectivity index (χ2n) is 7.66. The van der Waals surface area contributed by atoms with Crippen LogP contribution in [0.1, 0.15) is 28.5 Å². The molecule has 35 heavy (non-hydrogen) atoms. The minimum absolute atomic E-state index is 0.398. The van der Waals surface area contributed by atoms with Crippen LogP contribution >= 0.6 is 11.3 Å². The number of thiazole rings is 1. The van der Waals surface area contributed by atoms with Gasteiger partial charge in [-0.1, -0.05) is 25.1 Å². The number of nitrogens with one attached hydrogen (secondary N) is 1. The standard InChI is InChI=1S/C26H25N3O5S/c1-5-18-15(2)24(17-8-6-7-9-19(17)27-18)25(31)34-13-23(30)29-26-28-20(14-35-26)16-10-11-21(32-3)22(12-16)33-4/h6-12,14H,5,13H2,1-4H3,(H,28,29,30). The summed E-state index contributed by atoms with van der Waals surface area (Å²) in [5, 5.41) is 5.61. The van der Waals surface area contributed by atoms with Crippen LogP contribution in [-0.2, 0) is 16.0 Å². The van der Waals surface area contributed by atoms with E-state index in [9.17, 15) is 9.59 Å². The summed E-state index contributed by atoms with van der Waals surface area (Å²) in [7, 11) is 3.14. The van der Waals surface area contributed by atoms with E-state index in [4.69, 9.17) is 14.2 Å². The van der Waals surface area contributed by atoms with Crippen molar-refractivity contribution in [1.29, 1.82) is 0 Å². The zero-order valence-electron chi connectivity index (χ0n) is 19.9. The van der Waals surface area contributed by atoms with Crippen molar-refractivity contribution in [3.05, 3.63) is 64.7 Å². The minimum atomic E-state index is -0.559.